The van der Waals surface area contributed by atoms with E-state index >= 15 is 0 Å². The van der Waals surface area contributed by atoms with E-state index in [0.29, 0.717) is 0 Å². The molecule has 2 rings (SSSR count). The third-order valence-electron chi connectivity index (χ3n) is 2.91. The van der Waals surface area contributed by atoms with Crippen LogP contribution in [0.3, 0.4) is 0 Å². The molecule has 80 valence electrons. The zero-order chi connectivity index (χ0) is 10.7. The average Bonchev–Trinajstić information content (AvgIpc) is 2.30. The molecule has 0 aromatic carbocycles. The Balaban J connectivity index is 2.22. The average molecular weight is 205 g/mol. The Morgan fingerprint density at radius 2 is 2.47 bits per heavy atom. The van der Waals surface area contributed by atoms with Gasteiger partial charge >= 0.3 is 0 Å². The van der Waals surface area contributed by atoms with Gasteiger partial charge in [-0.2, -0.15) is 0 Å². The summed E-state index contributed by atoms with van der Waals surface area (Å²) in [5, 5.41) is 0. The second kappa shape index (κ2) is 4.11. The van der Waals surface area contributed by atoms with Crippen LogP contribution in [-0.4, -0.2) is 17.4 Å². The van der Waals surface area contributed by atoms with E-state index in [2.05, 4.69) is 4.98 Å². The Morgan fingerprint density at radius 1 is 1.60 bits per heavy atom. The highest BCUT2D eigenvalue weighted by Crippen LogP contribution is 2.35. The number of nitrogens with zero attached hydrogens (tertiary/aromatic N) is 1. The summed E-state index contributed by atoms with van der Waals surface area (Å²) >= 11 is 0. The summed E-state index contributed by atoms with van der Waals surface area (Å²) in [6, 6.07) is 5.78. The van der Waals surface area contributed by atoms with Crippen molar-refractivity contribution in [3.63, 3.8) is 0 Å². The Hall–Kier alpha value is -1.22. The van der Waals surface area contributed by atoms with Crippen LogP contribution >= 0.6 is 0 Å². The van der Waals surface area contributed by atoms with Crippen molar-refractivity contribution in [1.82, 2.24) is 4.98 Å². The molecular weight excluding hydrogens is 190 g/mol. The van der Waals surface area contributed by atoms with Crippen LogP contribution in [0.25, 0.3) is 0 Å². The van der Waals surface area contributed by atoms with Crippen LogP contribution in [-0.2, 0) is 15.1 Å². The summed E-state index contributed by atoms with van der Waals surface area (Å²) in [7, 11) is 0. The van der Waals surface area contributed by atoms with E-state index in [1.165, 1.54) is 0 Å². The third-order valence-corrected chi connectivity index (χ3v) is 2.91. The molecular formula is C12H15NO2. The highest BCUT2D eigenvalue weighted by Gasteiger charge is 2.35. The molecule has 15 heavy (non-hydrogen) atoms. The number of pyridine rings is 1. The summed E-state index contributed by atoms with van der Waals surface area (Å²) in [5.74, 6) is 0. The second-order valence-electron chi connectivity index (χ2n) is 4.13. The van der Waals surface area contributed by atoms with Gasteiger partial charge in [0.1, 0.15) is 18.0 Å². The Bertz CT molecular complexity index is 339. The van der Waals surface area contributed by atoms with Crippen molar-refractivity contribution < 1.29 is 9.53 Å². The molecule has 0 bridgehead atoms. The van der Waals surface area contributed by atoms with Crippen LogP contribution in [0.1, 0.15) is 31.9 Å². The van der Waals surface area contributed by atoms with Crippen molar-refractivity contribution in [1.29, 1.82) is 0 Å². The van der Waals surface area contributed by atoms with Crippen LogP contribution in [0.4, 0.5) is 0 Å². The molecule has 3 nitrogen and oxygen atoms in total. The number of aldehydes is 1. The first kappa shape index (κ1) is 10.3. The van der Waals surface area contributed by atoms with E-state index in [0.717, 1.165) is 31.2 Å². The molecule has 0 amide bonds. The van der Waals surface area contributed by atoms with Gasteiger partial charge in [0.2, 0.25) is 0 Å². The van der Waals surface area contributed by atoms with Crippen molar-refractivity contribution >= 4 is 6.29 Å². The Morgan fingerprint density at radius 3 is 3.13 bits per heavy atom. The molecule has 3 heteroatoms. The smallest absolute Gasteiger partial charge is 0.148 e. The highest BCUT2D eigenvalue weighted by molar-refractivity contribution is 5.56. The van der Waals surface area contributed by atoms with Gasteiger partial charge in [-0.15, -0.1) is 0 Å². The fourth-order valence-electron chi connectivity index (χ4n) is 2.05. The first-order valence-electron chi connectivity index (χ1n) is 5.29. The van der Waals surface area contributed by atoms with Crippen LogP contribution in [0.15, 0.2) is 24.4 Å². The monoisotopic (exact) mass is 205 g/mol. The summed E-state index contributed by atoms with van der Waals surface area (Å²) < 4.78 is 5.78. The molecule has 0 spiro atoms. The van der Waals surface area contributed by atoms with E-state index in [9.17, 15) is 4.79 Å². The molecule has 0 radical (unpaired) electrons. The summed E-state index contributed by atoms with van der Waals surface area (Å²) in [6.45, 7) is 2.00. The first-order valence-corrected chi connectivity index (χ1v) is 5.29. The van der Waals surface area contributed by atoms with Gasteiger partial charge in [-0.05, 0) is 38.3 Å². The number of rotatable bonds is 2. The topological polar surface area (TPSA) is 39.2 Å². The largest absolute Gasteiger partial charge is 0.358 e. The van der Waals surface area contributed by atoms with E-state index in [1.807, 2.05) is 25.1 Å². The predicted octanol–water partition coefficient (Wildman–Crippen LogP) is 2.06. The molecule has 1 saturated heterocycles. The van der Waals surface area contributed by atoms with E-state index < -0.39 is 5.60 Å². The molecule has 1 aromatic heterocycles. The Labute approximate surface area is 89.5 Å². The summed E-state index contributed by atoms with van der Waals surface area (Å²) in [6.07, 6.45) is 5.14. The highest BCUT2D eigenvalue weighted by atomic mass is 16.5. The molecule has 1 aliphatic rings. The van der Waals surface area contributed by atoms with Crippen molar-refractivity contribution in [2.45, 2.75) is 37.9 Å². The number of hydrogen-bond donors (Lipinski definition) is 0. The number of carbonyl (C=O) groups excluding carboxylic acids is 1. The molecule has 0 saturated carbocycles. The molecule has 2 atom stereocenters. The van der Waals surface area contributed by atoms with E-state index in [4.69, 9.17) is 4.74 Å². The van der Waals surface area contributed by atoms with Gasteiger partial charge in [-0.3, -0.25) is 4.98 Å². The van der Waals surface area contributed by atoms with Crippen LogP contribution in [0.2, 0.25) is 0 Å². The summed E-state index contributed by atoms with van der Waals surface area (Å²) in [5.41, 5.74) is 0.516. The van der Waals surface area contributed by atoms with Gasteiger partial charge < -0.3 is 9.53 Å². The first-order chi connectivity index (χ1) is 7.24. The van der Waals surface area contributed by atoms with Crippen molar-refractivity contribution in [3.8, 4) is 0 Å². The maximum atomic E-state index is 10.7. The number of aromatic nitrogens is 1. The zero-order valence-electron chi connectivity index (χ0n) is 8.85. The predicted molar refractivity (Wildman–Crippen MR) is 56.4 cm³/mol. The Kier molecular flexibility index (Phi) is 2.82. The van der Waals surface area contributed by atoms with Gasteiger partial charge in [-0.1, -0.05) is 6.07 Å². The number of carbonyl (C=O) groups is 1. The summed E-state index contributed by atoms with van der Waals surface area (Å²) in [4.78, 5) is 15.0. The van der Waals surface area contributed by atoms with Crippen LogP contribution < -0.4 is 0 Å². The van der Waals surface area contributed by atoms with Gasteiger partial charge in [-0.25, -0.2) is 0 Å². The molecule has 0 N–H and O–H groups in total. The molecule has 2 heterocycles. The lowest BCUT2D eigenvalue weighted by Gasteiger charge is -2.36. The van der Waals surface area contributed by atoms with Crippen molar-refractivity contribution in [2.75, 3.05) is 0 Å². The minimum absolute atomic E-state index is 0.272. The quantitative estimate of drug-likeness (QED) is 0.694. The van der Waals surface area contributed by atoms with Gasteiger partial charge in [0.15, 0.2) is 0 Å². The molecule has 0 aliphatic carbocycles. The number of hydrogen-bond acceptors (Lipinski definition) is 3. The SMILES string of the molecule is CC1(c2ccccn2)CCCC(C=O)O1. The van der Waals surface area contributed by atoms with E-state index in [1.54, 1.807) is 6.20 Å². The van der Waals surface area contributed by atoms with Gasteiger partial charge in [0.05, 0.1) is 5.69 Å². The molecule has 1 aromatic rings. The van der Waals surface area contributed by atoms with Crippen molar-refractivity contribution in [2.24, 2.45) is 0 Å². The fraction of sp³-hybridized carbons (Fsp3) is 0.500. The molecule has 1 fully saturated rings. The minimum atomic E-state index is -0.398. The van der Waals surface area contributed by atoms with Crippen LogP contribution in [0, 0.1) is 0 Å². The minimum Gasteiger partial charge on any atom is -0.358 e. The maximum Gasteiger partial charge on any atom is 0.148 e. The fourth-order valence-corrected chi connectivity index (χ4v) is 2.05. The lowest BCUT2D eigenvalue weighted by atomic mass is 9.90. The number of ether oxygens (including phenoxy) is 1. The lowest BCUT2D eigenvalue weighted by molar-refractivity contribution is -0.146. The van der Waals surface area contributed by atoms with Crippen LogP contribution in [0.5, 0.6) is 0 Å². The maximum absolute atomic E-state index is 10.7. The zero-order valence-corrected chi connectivity index (χ0v) is 8.85. The third kappa shape index (κ3) is 2.07. The normalized spacial score (nSPS) is 31.1. The van der Waals surface area contributed by atoms with E-state index in [-0.39, 0.29) is 6.10 Å². The molecule has 1 aliphatic heterocycles. The standard InChI is InChI=1S/C12H15NO2/c1-12(11-6-2-3-8-13-11)7-4-5-10(9-14)15-12/h2-3,6,8-10H,4-5,7H2,1H3. The van der Waals surface area contributed by atoms with Gasteiger partial charge in [0, 0.05) is 6.20 Å². The molecule has 2 unspecified atom stereocenters. The van der Waals surface area contributed by atoms with Crippen molar-refractivity contribution in [3.05, 3.63) is 30.1 Å². The van der Waals surface area contributed by atoms with Gasteiger partial charge in [0.25, 0.3) is 0 Å². The second-order valence-corrected chi connectivity index (χ2v) is 4.13. The lowest BCUT2D eigenvalue weighted by Crippen LogP contribution is -2.37.